The molecular weight excluding hydrogens is 400 g/mol. The molecule has 4 rings (SSSR count). The van der Waals surface area contributed by atoms with Gasteiger partial charge in [0.2, 0.25) is 9.30 Å². The first-order chi connectivity index (χ1) is 11.8. The smallest absolute Gasteiger partial charge is 0.267 e. The summed E-state index contributed by atoms with van der Waals surface area (Å²) >= 11 is 4.00. The van der Waals surface area contributed by atoms with Crippen molar-refractivity contribution in [1.82, 2.24) is 14.6 Å². The van der Waals surface area contributed by atoms with Crippen molar-refractivity contribution in [2.45, 2.75) is 11.3 Å². The summed E-state index contributed by atoms with van der Waals surface area (Å²) in [5, 5.41) is 12.7. The van der Waals surface area contributed by atoms with Crippen LogP contribution in [0.1, 0.15) is 16.6 Å². The fourth-order valence-corrected chi connectivity index (χ4v) is 4.63. The Hall–Kier alpha value is -1.92. The quantitative estimate of drug-likeness (QED) is 0.520. The number of Topliss-reactive ketones (excluding diaryl/α,β-unsaturated/α-hetero) is 1. The van der Waals surface area contributed by atoms with E-state index in [-0.39, 0.29) is 10.1 Å². The maximum absolute atomic E-state index is 11.1. The van der Waals surface area contributed by atoms with E-state index in [1.54, 1.807) is 24.5 Å². The largest absolute Gasteiger partial charge is 0.294 e. The number of carbonyl (C=O) groups is 1. The Morgan fingerprint density at radius 1 is 1.20 bits per heavy atom. The van der Waals surface area contributed by atoms with E-state index in [0.717, 1.165) is 26.8 Å². The predicted molar refractivity (Wildman–Crippen MR) is 99.9 cm³/mol. The lowest BCUT2D eigenvalue weighted by molar-refractivity contribution is 0.102. The van der Waals surface area contributed by atoms with Gasteiger partial charge in [-0.05, 0) is 29.8 Å². The van der Waals surface area contributed by atoms with Crippen LogP contribution in [0, 0.1) is 0 Å². The lowest BCUT2D eigenvalue weighted by atomic mass is 10.4. The predicted octanol–water partition coefficient (Wildman–Crippen LogP) is 3.12. The topological polar surface area (TPSA) is 107 Å². The molecule has 0 saturated heterocycles. The number of sulfonamides is 1. The molecule has 0 aliphatic rings. The van der Waals surface area contributed by atoms with Crippen LogP contribution in [-0.2, 0) is 10.0 Å². The van der Waals surface area contributed by atoms with Crippen molar-refractivity contribution in [3.8, 4) is 10.6 Å². The van der Waals surface area contributed by atoms with Crippen molar-refractivity contribution in [3.05, 3.63) is 46.1 Å². The van der Waals surface area contributed by atoms with Crippen LogP contribution in [0.2, 0.25) is 0 Å². The number of carbonyl (C=O) groups excluding carboxylic acids is 1. The number of nitrogens with zero attached hydrogens (tertiary/aromatic N) is 3. The van der Waals surface area contributed by atoms with Gasteiger partial charge in [-0.3, -0.25) is 4.79 Å². The van der Waals surface area contributed by atoms with Crippen LogP contribution in [0.25, 0.3) is 15.5 Å². The van der Waals surface area contributed by atoms with Crippen LogP contribution in [0.5, 0.6) is 0 Å². The molecule has 25 heavy (non-hydrogen) atoms. The Bertz CT molecular complexity index is 1060. The minimum Gasteiger partial charge on any atom is -0.294 e. The summed E-state index contributed by atoms with van der Waals surface area (Å²) in [6.07, 6.45) is 1.69. The highest BCUT2D eigenvalue weighted by Crippen LogP contribution is 2.26. The highest BCUT2D eigenvalue weighted by molar-refractivity contribution is 7.91. The van der Waals surface area contributed by atoms with Gasteiger partial charge in [0.25, 0.3) is 10.0 Å². The first-order valence-corrected chi connectivity index (χ1v) is 10.9. The van der Waals surface area contributed by atoms with Gasteiger partial charge in [-0.15, -0.1) is 27.8 Å². The molecule has 0 radical (unpaired) electrons. The zero-order chi connectivity index (χ0) is 18.0. The Morgan fingerprint density at radius 3 is 2.40 bits per heavy atom. The molecule has 2 N–H and O–H groups in total. The summed E-state index contributed by atoms with van der Waals surface area (Å²) in [6, 6.07) is 7.57. The van der Waals surface area contributed by atoms with Gasteiger partial charge < -0.3 is 0 Å². The Labute approximate surface area is 155 Å². The summed E-state index contributed by atoms with van der Waals surface area (Å²) < 4.78 is 23.5. The molecule has 4 heterocycles. The van der Waals surface area contributed by atoms with E-state index >= 15 is 0 Å². The van der Waals surface area contributed by atoms with E-state index < -0.39 is 10.0 Å². The van der Waals surface area contributed by atoms with E-state index in [1.165, 1.54) is 15.9 Å². The zero-order valence-electron chi connectivity index (χ0n) is 12.8. The third kappa shape index (κ3) is 4.19. The summed E-state index contributed by atoms with van der Waals surface area (Å²) in [7, 11) is -3.75. The average molecular weight is 413 g/mol. The van der Waals surface area contributed by atoms with Gasteiger partial charge in [0.05, 0.1) is 16.0 Å². The fourth-order valence-electron chi connectivity index (χ4n) is 1.82. The van der Waals surface area contributed by atoms with Gasteiger partial charge >= 0.3 is 0 Å². The molecule has 0 bridgehead atoms. The van der Waals surface area contributed by atoms with Crippen LogP contribution in [0.15, 0.2) is 45.6 Å². The van der Waals surface area contributed by atoms with E-state index in [0.29, 0.717) is 4.96 Å². The minimum absolute atomic E-state index is 0.127. The second-order valence-corrected chi connectivity index (χ2v) is 9.36. The van der Waals surface area contributed by atoms with Crippen LogP contribution < -0.4 is 5.14 Å². The maximum Gasteiger partial charge on any atom is 0.267 e. The summed E-state index contributed by atoms with van der Waals surface area (Å²) in [5.41, 5.74) is 0.778. The number of rotatable bonds is 3. The number of thiophene rings is 2. The highest BCUT2D eigenvalue weighted by atomic mass is 32.2. The maximum atomic E-state index is 11.1. The van der Waals surface area contributed by atoms with Crippen LogP contribution in [0.3, 0.4) is 0 Å². The molecule has 130 valence electrons. The zero-order valence-corrected chi connectivity index (χ0v) is 16.1. The van der Waals surface area contributed by atoms with E-state index in [4.69, 9.17) is 5.14 Å². The molecule has 0 atom stereocenters. The van der Waals surface area contributed by atoms with Crippen molar-refractivity contribution in [2.75, 3.05) is 0 Å². The van der Waals surface area contributed by atoms with Crippen molar-refractivity contribution >= 4 is 54.8 Å². The molecule has 4 aromatic heterocycles. The Balaban J connectivity index is 0.000000192. The average Bonchev–Trinajstić information content (AvgIpc) is 3.29. The van der Waals surface area contributed by atoms with Crippen molar-refractivity contribution in [3.63, 3.8) is 0 Å². The molecule has 0 amide bonds. The molecule has 0 aliphatic heterocycles. The number of aromatic nitrogens is 3. The number of hydrogen-bond acceptors (Lipinski definition) is 8. The molecule has 0 saturated carbocycles. The molecule has 0 unspecified atom stereocenters. The number of hydrogen-bond donors (Lipinski definition) is 1. The van der Waals surface area contributed by atoms with E-state index in [1.807, 2.05) is 35.0 Å². The Morgan fingerprint density at radius 2 is 1.92 bits per heavy atom. The number of imidazole rings is 1. The second-order valence-electron chi connectivity index (χ2n) is 4.78. The first kappa shape index (κ1) is 17.9. The van der Waals surface area contributed by atoms with Crippen LogP contribution in [0.4, 0.5) is 0 Å². The van der Waals surface area contributed by atoms with Gasteiger partial charge in [-0.2, -0.15) is 0 Å². The van der Waals surface area contributed by atoms with Gasteiger partial charge in [0.15, 0.2) is 5.78 Å². The molecule has 0 aliphatic carbocycles. The summed E-state index contributed by atoms with van der Waals surface area (Å²) in [6.45, 7) is 1.58. The molecule has 11 heteroatoms. The lowest BCUT2D eigenvalue weighted by Crippen LogP contribution is -2.11. The molecule has 7 nitrogen and oxygen atoms in total. The van der Waals surface area contributed by atoms with Crippen molar-refractivity contribution in [2.24, 2.45) is 5.14 Å². The van der Waals surface area contributed by atoms with Gasteiger partial charge in [-0.25, -0.2) is 23.1 Å². The van der Waals surface area contributed by atoms with E-state index in [9.17, 15) is 13.2 Å². The van der Waals surface area contributed by atoms with Crippen molar-refractivity contribution in [1.29, 1.82) is 0 Å². The summed E-state index contributed by atoms with van der Waals surface area (Å²) in [4.78, 5) is 17.2. The highest BCUT2D eigenvalue weighted by Gasteiger charge is 2.17. The third-order valence-electron chi connectivity index (χ3n) is 2.91. The number of ketones is 1. The third-order valence-corrected chi connectivity index (χ3v) is 7.01. The normalized spacial score (nSPS) is 11.3. The monoisotopic (exact) mass is 412 g/mol. The second kappa shape index (κ2) is 7.14. The molecular formula is C14H12N4O3S4. The summed E-state index contributed by atoms with van der Waals surface area (Å²) in [5.74, 6) is 0.153. The SMILES string of the molecule is CC(=O)c1cccs1.NS(=O)(=O)c1nn2cc(-c3cccs3)nc2s1. The van der Waals surface area contributed by atoms with E-state index in [2.05, 4.69) is 10.1 Å². The standard InChI is InChI=1S/C8H6N4O2S3.C6H6OS/c9-17(13,14)8-11-12-4-5(10-7(12)16-8)6-2-1-3-15-6;1-5(7)6-3-2-4-8-6/h1-4H,(H2,9,13,14);2-4H,1H3. The van der Waals surface area contributed by atoms with Gasteiger partial charge in [0, 0.05) is 0 Å². The number of primary sulfonamides is 1. The first-order valence-electron chi connectivity index (χ1n) is 6.82. The van der Waals surface area contributed by atoms with Crippen LogP contribution in [-0.4, -0.2) is 28.8 Å². The van der Waals surface area contributed by atoms with Gasteiger partial charge in [0.1, 0.15) is 5.69 Å². The number of nitrogens with two attached hydrogens (primary N) is 1. The molecule has 0 spiro atoms. The lowest BCUT2D eigenvalue weighted by Gasteiger charge is -1.87. The Kier molecular flexibility index (Phi) is 5.11. The fraction of sp³-hybridized carbons (Fsp3) is 0.0714. The molecule has 4 aromatic rings. The molecule has 0 aromatic carbocycles. The minimum atomic E-state index is -3.75. The van der Waals surface area contributed by atoms with Gasteiger partial charge in [-0.1, -0.05) is 23.5 Å². The van der Waals surface area contributed by atoms with Crippen LogP contribution >= 0.6 is 34.0 Å². The molecule has 0 fully saturated rings. The van der Waals surface area contributed by atoms with Crippen molar-refractivity contribution < 1.29 is 13.2 Å². The number of fused-ring (bicyclic) bond motifs is 1.